The topological polar surface area (TPSA) is 26.0 Å². The molecule has 0 amide bonds. The van der Waals surface area contributed by atoms with Crippen LogP contribution < -0.4 is 5.73 Å². The van der Waals surface area contributed by atoms with Crippen molar-refractivity contribution in [2.45, 2.75) is 19.4 Å². The van der Waals surface area contributed by atoms with Gasteiger partial charge in [0.2, 0.25) is 0 Å². The Morgan fingerprint density at radius 1 is 1.06 bits per heavy atom. The molecule has 2 N–H and O–H groups in total. The quantitative estimate of drug-likeness (QED) is 0.857. The number of benzene rings is 2. The van der Waals surface area contributed by atoms with Crippen LogP contribution in [0.2, 0.25) is 0 Å². The average molecular weight is 229 g/mol. The molecule has 2 aromatic carbocycles. The largest absolute Gasteiger partial charge is 0.320 e. The van der Waals surface area contributed by atoms with Crippen molar-refractivity contribution in [3.8, 4) is 0 Å². The molecule has 0 spiro atoms. The van der Waals surface area contributed by atoms with Crippen LogP contribution in [0.3, 0.4) is 0 Å². The van der Waals surface area contributed by atoms with Gasteiger partial charge in [-0.1, -0.05) is 43.3 Å². The van der Waals surface area contributed by atoms with E-state index >= 15 is 0 Å². The lowest BCUT2D eigenvalue weighted by atomic mass is 9.97. The molecular weight excluding hydrogens is 213 g/mol. The van der Waals surface area contributed by atoms with E-state index in [0.29, 0.717) is 0 Å². The lowest BCUT2D eigenvalue weighted by Gasteiger charge is -2.13. The second-order valence-corrected chi connectivity index (χ2v) is 4.13. The summed E-state index contributed by atoms with van der Waals surface area (Å²) < 4.78 is 12.8. The van der Waals surface area contributed by atoms with E-state index in [1.54, 1.807) is 12.1 Å². The van der Waals surface area contributed by atoms with Crippen LogP contribution in [0.5, 0.6) is 0 Å². The van der Waals surface area contributed by atoms with Gasteiger partial charge in [-0.3, -0.25) is 0 Å². The first kappa shape index (κ1) is 11.8. The maximum absolute atomic E-state index is 12.8. The summed E-state index contributed by atoms with van der Waals surface area (Å²) in [6.45, 7) is 2.11. The van der Waals surface area contributed by atoms with E-state index in [9.17, 15) is 4.39 Å². The highest BCUT2D eigenvalue weighted by Gasteiger charge is 2.08. The van der Waals surface area contributed by atoms with E-state index in [1.807, 2.05) is 12.1 Å². The first-order valence-electron chi connectivity index (χ1n) is 5.80. The highest BCUT2D eigenvalue weighted by atomic mass is 19.1. The zero-order valence-electron chi connectivity index (χ0n) is 9.86. The Bertz CT molecular complexity index is 491. The third-order valence-corrected chi connectivity index (χ3v) is 2.95. The number of hydrogen-bond donors (Lipinski definition) is 1. The van der Waals surface area contributed by atoms with Gasteiger partial charge in [0, 0.05) is 0 Å². The number of nitrogens with two attached hydrogens (primary N) is 1. The summed E-state index contributed by atoms with van der Waals surface area (Å²) in [5.74, 6) is -0.233. The Morgan fingerprint density at radius 2 is 1.76 bits per heavy atom. The number of halogens is 1. The van der Waals surface area contributed by atoms with Crippen LogP contribution in [0.1, 0.15) is 29.7 Å². The molecule has 1 nitrogen and oxygen atoms in total. The Morgan fingerprint density at radius 3 is 2.41 bits per heavy atom. The lowest BCUT2D eigenvalue weighted by molar-refractivity contribution is 0.626. The Kier molecular flexibility index (Phi) is 3.55. The number of hydrogen-bond acceptors (Lipinski definition) is 1. The monoisotopic (exact) mass is 229 g/mol. The van der Waals surface area contributed by atoms with Gasteiger partial charge in [-0.2, -0.15) is 0 Å². The lowest BCUT2D eigenvalue weighted by Crippen LogP contribution is -2.12. The zero-order valence-corrected chi connectivity index (χ0v) is 9.86. The fourth-order valence-corrected chi connectivity index (χ4v) is 1.87. The molecule has 2 rings (SSSR count). The van der Waals surface area contributed by atoms with Crippen molar-refractivity contribution in [2.24, 2.45) is 5.73 Å². The molecule has 0 saturated carbocycles. The van der Waals surface area contributed by atoms with Gasteiger partial charge in [0.25, 0.3) is 0 Å². The van der Waals surface area contributed by atoms with Gasteiger partial charge in [0.05, 0.1) is 6.04 Å². The molecule has 0 heterocycles. The minimum absolute atomic E-state index is 0.193. The minimum Gasteiger partial charge on any atom is -0.320 e. The van der Waals surface area contributed by atoms with E-state index in [-0.39, 0.29) is 11.9 Å². The van der Waals surface area contributed by atoms with Gasteiger partial charge in [-0.05, 0) is 35.2 Å². The van der Waals surface area contributed by atoms with Crippen molar-refractivity contribution in [2.75, 3.05) is 0 Å². The van der Waals surface area contributed by atoms with E-state index < -0.39 is 0 Å². The normalized spacial score (nSPS) is 12.4. The van der Waals surface area contributed by atoms with Crippen LogP contribution in [0.15, 0.2) is 48.5 Å². The van der Waals surface area contributed by atoms with E-state index in [4.69, 9.17) is 5.73 Å². The summed E-state index contributed by atoms with van der Waals surface area (Å²) in [6.07, 6.45) is 0.990. The van der Waals surface area contributed by atoms with Crippen molar-refractivity contribution in [3.63, 3.8) is 0 Å². The molecule has 0 saturated heterocycles. The smallest absolute Gasteiger partial charge is 0.123 e. The Balaban J connectivity index is 2.29. The first-order chi connectivity index (χ1) is 8.20. The minimum atomic E-state index is -0.233. The average Bonchev–Trinajstić information content (AvgIpc) is 2.39. The molecule has 0 fully saturated rings. The van der Waals surface area contributed by atoms with Crippen LogP contribution in [0.4, 0.5) is 4.39 Å². The maximum atomic E-state index is 12.8. The maximum Gasteiger partial charge on any atom is 0.123 e. The summed E-state index contributed by atoms with van der Waals surface area (Å²) in [6, 6.07) is 14.4. The molecule has 0 aliphatic heterocycles. The van der Waals surface area contributed by atoms with Gasteiger partial charge in [0.1, 0.15) is 5.82 Å². The van der Waals surface area contributed by atoms with Gasteiger partial charge < -0.3 is 5.73 Å². The van der Waals surface area contributed by atoms with Gasteiger partial charge in [0.15, 0.2) is 0 Å². The van der Waals surface area contributed by atoms with Crippen molar-refractivity contribution in [1.29, 1.82) is 0 Å². The van der Waals surface area contributed by atoms with Crippen molar-refractivity contribution in [1.82, 2.24) is 0 Å². The Labute approximate surface area is 101 Å². The molecule has 1 unspecified atom stereocenters. The first-order valence-corrected chi connectivity index (χ1v) is 5.80. The fraction of sp³-hybridized carbons (Fsp3) is 0.200. The summed E-state index contributed by atoms with van der Waals surface area (Å²) >= 11 is 0. The molecule has 1 atom stereocenters. The molecule has 0 aromatic heterocycles. The van der Waals surface area contributed by atoms with Crippen LogP contribution in [-0.4, -0.2) is 0 Å². The van der Waals surface area contributed by atoms with Crippen molar-refractivity contribution >= 4 is 0 Å². The molecule has 0 radical (unpaired) electrons. The second kappa shape index (κ2) is 5.11. The predicted molar refractivity (Wildman–Crippen MR) is 68.3 cm³/mol. The zero-order chi connectivity index (χ0) is 12.3. The number of aryl methyl sites for hydroxylation is 1. The summed E-state index contributed by atoms with van der Waals surface area (Å²) in [4.78, 5) is 0. The standard InChI is InChI=1S/C15H16FN/c1-2-11-4-3-5-13(10-11)15(17)12-6-8-14(16)9-7-12/h3-10,15H,2,17H2,1H3. The van der Waals surface area contributed by atoms with E-state index in [0.717, 1.165) is 17.5 Å². The highest BCUT2D eigenvalue weighted by molar-refractivity contribution is 5.33. The molecule has 0 bridgehead atoms. The molecule has 17 heavy (non-hydrogen) atoms. The van der Waals surface area contributed by atoms with Gasteiger partial charge in [-0.15, -0.1) is 0 Å². The third kappa shape index (κ3) is 2.71. The summed E-state index contributed by atoms with van der Waals surface area (Å²) in [5.41, 5.74) is 9.43. The van der Waals surface area contributed by atoms with Gasteiger partial charge >= 0.3 is 0 Å². The van der Waals surface area contributed by atoms with Crippen LogP contribution >= 0.6 is 0 Å². The van der Waals surface area contributed by atoms with E-state index in [2.05, 4.69) is 19.1 Å². The molecule has 88 valence electrons. The van der Waals surface area contributed by atoms with Crippen LogP contribution in [0.25, 0.3) is 0 Å². The molecule has 0 aliphatic carbocycles. The molecule has 0 aliphatic rings. The summed E-state index contributed by atoms with van der Waals surface area (Å²) in [5, 5.41) is 0. The van der Waals surface area contributed by atoms with E-state index in [1.165, 1.54) is 17.7 Å². The predicted octanol–water partition coefficient (Wildman–Crippen LogP) is 3.44. The molecule has 2 heteroatoms. The van der Waals surface area contributed by atoms with Gasteiger partial charge in [-0.25, -0.2) is 4.39 Å². The van der Waals surface area contributed by atoms with Crippen molar-refractivity contribution in [3.05, 3.63) is 71.0 Å². The third-order valence-electron chi connectivity index (χ3n) is 2.95. The molecular formula is C15H16FN. The Hall–Kier alpha value is -1.67. The second-order valence-electron chi connectivity index (χ2n) is 4.13. The fourth-order valence-electron chi connectivity index (χ4n) is 1.87. The van der Waals surface area contributed by atoms with Crippen LogP contribution in [-0.2, 0) is 6.42 Å². The highest BCUT2D eigenvalue weighted by Crippen LogP contribution is 2.20. The summed E-state index contributed by atoms with van der Waals surface area (Å²) in [7, 11) is 0. The SMILES string of the molecule is CCc1cccc(C(N)c2ccc(F)cc2)c1. The van der Waals surface area contributed by atoms with Crippen LogP contribution in [0, 0.1) is 5.82 Å². The molecule has 2 aromatic rings. The number of rotatable bonds is 3. The van der Waals surface area contributed by atoms with Crippen molar-refractivity contribution < 1.29 is 4.39 Å².